The Hall–Kier alpha value is -1.94. The third kappa shape index (κ3) is 3.90. The Morgan fingerprint density at radius 2 is 2.15 bits per heavy atom. The number of carbonyl (C=O) groups excluding carboxylic acids is 1. The normalized spacial score (nSPS) is 21.6. The van der Waals surface area contributed by atoms with Crippen molar-refractivity contribution in [3.8, 4) is 11.4 Å². The van der Waals surface area contributed by atoms with Crippen LogP contribution in [0.2, 0.25) is 0 Å². The van der Waals surface area contributed by atoms with Gasteiger partial charge in [-0.2, -0.15) is 0 Å². The molecule has 0 unspecified atom stereocenters. The van der Waals surface area contributed by atoms with Crippen molar-refractivity contribution in [2.24, 2.45) is 0 Å². The number of hydrogen-bond acceptors (Lipinski definition) is 7. The zero-order valence-electron chi connectivity index (χ0n) is 14.0. The molecule has 10 heteroatoms. The Balaban J connectivity index is 1.42. The lowest BCUT2D eigenvalue weighted by Gasteiger charge is -2.11. The maximum absolute atomic E-state index is 12.2. The van der Waals surface area contributed by atoms with Crippen LogP contribution in [-0.4, -0.2) is 57.4 Å². The highest BCUT2D eigenvalue weighted by Gasteiger charge is 2.31. The summed E-state index contributed by atoms with van der Waals surface area (Å²) >= 11 is 1.33. The van der Waals surface area contributed by atoms with Crippen molar-refractivity contribution in [1.29, 1.82) is 0 Å². The summed E-state index contributed by atoms with van der Waals surface area (Å²) in [6, 6.07) is 3.89. The van der Waals surface area contributed by atoms with Gasteiger partial charge in [-0.15, -0.1) is 10.2 Å². The Labute approximate surface area is 155 Å². The first-order valence-electron chi connectivity index (χ1n) is 8.50. The SMILES string of the molecule is O=C(CSc1nnc(-c2cccnc2)n1C1CC1)N[C@@H]1CCS(=O)(=O)C1. The largest absolute Gasteiger partial charge is 0.352 e. The Morgan fingerprint density at radius 3 is 2.81 bits per heavy atom. The lowest BCUT2D eigenvalue weighted by atomic mass is 10.3. The molecule has 3 heterocycles. The van der Waals surface area contributed by atoms with Crippen LogP contribution in [0.5, 0.6) is 0 Å². The summed E-state index contributed by atoms with van der Waals surface area (Å²) in [4.78, 5) is 16.3. The Kier molecular flexibility index (Phi) is 4.70. The number of nitrogens with zero attached hydrogens (tertiary/aromatic N) is 4. The van der Waals surface area contributed by atoms with E-state index in [0.29, 0.717) is 17.6 Å². The summed E-state index contributed by atoms with van der Waals surface area (Å²) in [7, 11) is -3.00. The van der Waals surface area contributed by atoms with Gasteiger partial charge in [0.25, 0.3) is 0 Å². The molecule has 1 atom stereocenters. The molecule has 1 saturated heterocycles. The molecule has 1 amide bonds. The van der Waals surface area contributed by atoms with Crippen molar-refractivity contribution in [3.63, 3.8) is 0 Å². The highest BCUT2D eigenvalue weighted by molar-refractivity contribution is 7.99. The lowest BCUT2D eigenvalue weighted by Crippen LogP contribution is -2.36. The maximum Gasteiger partial charge on any atom is 0.230 e. The van der Waals surface area contributed by atoms with Gasteiger partial charge < -0.3 is 5.32 Å². The number of nitrogens with one attached hydrogen (secondary N) is 1. The first kappa shape index (κ1) is 17.5. The van der Waals surface area contributed by atoms with Gasteiger partial charge in [-0.25, -0.2) is 8.42 Å². The van der Waals surface area contributed by atoms with Crippen LogP contribution in [0.15, 0.2) is 29.7 Å². The highest BCUT2D eigenvalue weighted by Crippen LogP contribution is 2.40. The molecule has 2 aromatic heterocycles. The van der Waals surface area contributed by atoms with E-state index in [1.165, 1.54) is 11.8 Å². The van der Waals surface area contributed by atoms with Crippen molar-refractivity contribution in [3.05, 3.63) is 24.5 Å². The second kappa shape index (κ2) is 6.99. The Morgan fingerprint density at radius 1 is 1.31 bits per heavy atom. The van der Waals surface area contributed by atoms with Gasteiger partial charge in [0, 0.05) is 30.0 Å². The number of thioether (sulfide) groups is 1. The first-order chi connectivity index (χ1) is 12.5. The van der Waals surface area contributed by atoms with E-state index in [0.717, 1.165) is 24.2 Å². The summed E-state index contributed by atoms with van der Waals surface area (Å²) < 4.78 is 25.0. The molecule has 1 aliphatic heterocycles. The molecule has 0 spiro atoms. The quantitative estimate of drug-likeness (QED) is 0.732. The van der Waals surface area contributed by atoms with Crippen LogP contribution in [0.4, 0.5) is 0 Å². The van der Waals surface area contributed by atoms with Crippen LogP contribution < -0.4 is 5.32 Å². The third-order valence-electron chi connectivity index (χ3n) is 4.43. The second-order valence-electron chi connectivity index (χ2n) is 6.61. The molecular formula is C16H19N5O3S2. The fourth-order valence-electron chi connectivity index (χ4n) is 3.04. The lowest BCUT2D eigenvalue weighted by molar-refractivity contribution is -0.119. The molecule has 1 N–H and O–H groups in total. The maximum atomic E-state index is 12.2. The average molecular weight is 393 g/mol. The van der Waals surface area contributed by atoms with E-state index in [9.17, 15) is 13.2 Å². The van der Waals surface area contributed by atoms with Gasteiger partial charge in [-0.1, -0.05) is 11.8 Å². The predicted molar refractivity (Wildman–Crippen MR) is 97.4 cm³/mol. The van der Waals surface area contributed by atoms with E-state index in [1.54, 1.807) is 12.4 Å². The van der Waals surface area contributed by atoms with E-state index in [4.69, 9.17) is 0 Å². The minimum absolute atomic E-state index is 0.0345. The van der Waals surface area contributed by atoms with Crippen molar-refractivity contribution in [1.82, 2.24) is 25.1 Å². The molecule has 0 aromatic carbocycles. The number of rotatable bonds is 6. The fourth-order valence-corrected chi connectivity index (χ4v) is 5.53. The van der Waals surface area contributed by atoms with Gasteiger partial charge >= 0.3 is 0 Å². The number of hydrogen-bond donors (Lipinski definition) is 1. The summed E-state index contributed by atoms with van der Waals surface area (Å²) in [6.45, 7) is 0. The van der Waals surface area contributed by atoms with Gasteiger partial charge in [0.05, 0.1) is 17.3 Å². The summed E-state index contributed by atoms with van der Waals surface area (Å²) in [6.07, 6.45) is 6.10. The van der Waals surface area contributed by atoms with Crippen molar-refractivity contribution in [2.45, 2.75) is 36.5 Å². The topological polar surface area (TPSA) is 107 Å². The molecule has 0 bridgehead atoms. The molecule has 2 aromatic rings. The monoisotopic (exact) mass is 393 g/mol. The molecule has 4 rings (SSSR count). The zero-order valence-corrected chi connectivity index (χ0v) is 15.7. The van der Waals surface area contributed by atoms with Crippen LogP contribution in [0, 0.1) is 0 Å². The minimum atomic E-state index is -3.00. The number of sulfone groups is 1. The molecule has 1 aliphatic carbocycles. The highest BCUT2D eigenvalue weighted by atomic mass is 32.2. The molecule has 26 heavy (non-hydrogen) atoms. The molecule has 0 radical (unpaired) electrons. The van der Waals surface area contributed by atoms with E-state index in [2.05, 4.69) is 25.1 Å². The van der Waals surface area contributed by atoms with Crippen molar-refractivity contribution < 1.29 is 13.2 Å². The summed E-state index contributed by atoms with van der Waals surface area (Å²) in [5.41, 5.74) is 0.902. The van der Waals surface area contributed by atoms with Crippen LogP contribution in [0.1, 0.15) is 25.3 Å². The zero-order chi connectivity index (χ0) is 18.1. The molecule has 8 nitrogen and oxygen atoms in total. The van der Waals surface area contributed by atoms with E-state index >= 15 is 0 Å². The third-order valence-corrected chi connectivity index (χ3v) is 7.14. The second-order valence-corrected chi connectivity index (χ2v) is 9.78. The molecule has 138 valence electrons. The smallest absolute Gasteiger partial charge is 0.230 e. The van der Waals surface area contributed by atoms with Gasteiger partial charge in [-0.3, -0.25) is 14.3 Å². The van der Waals surface area contributed by atoms with Crippen LogP contribution in [-0.2, 0) is 14.6 Å². The number of aromatic nitrogens is 4. The van der Waals surface area contributed by atoms with Crippen molar-refractivity contribution >= 4 is 27.5 Å². The standard InChI is InChI=1S/C16H19N5O3S2/c22-14(18-12-5-7-26(23,24)10-12)9-25-16-20-19-15(21(16)13-3-4-13)11-2-1-6-17-8-11/h1-2,6,8,12-13H,3-5,7,9-10H2,(H,18,22)/t12-/m1/s1. The molecule has 1 saturated carbocycles. The molecule has 2 fully saturated rings. The summed E-state index contributed by atoms with van der Waals surface area (Å²) in [5, 5.41) is 12.1. The van der Waals surface area contributed by atoms with Gasteiger partial charge in [-0.05, 0) is 31.4 Å². The van der Waals surface area contributed by atoms with Gasteiger partial charge in [0.2, 0.25) is 5.91 Å². The van der Waals surface area contributed by atoms with Crippen LogP contribution in [0.3, 0.4) is 0 Å². The number of pyridine rings is 1. The van der Waals surface area contributed by atoms with E-state index < -0.39 is 9.84 Å². The summed E-state index contributed by atoms with van der Waals surface area (Å²) in [5.74, 6) is 0.965. The van der Waals surface area contributed by atoms with Gasteiger partial charge in [0.1, 0.15) is 0 Å². The van der Waals surface area contributed by atoms with Gasteiger partial charge in [0.15, 0.2) is 20.8 Å². The van der Waals surface area contributed by atoms with Crippen LogP contribution in [0.25, 0.3) is 11.4 Å². The van der Waals surface area contributed by atoms with Crippen molar-refractivity contribution in [2.75, 3.05) is 17.3 Å². The van der Waals surface area contributed by atoms with E-state index in [1.807, 2.05) is 12.1 Å². The fraction of sp³-hybridized carbons (Fsp3) is 0.500. The van der Waals surface area contributed by atoms with Crippen LogP contribution >= 0.6 is 11.8 Å². The Bertz CT molecular complexity index is 909. The van der Waals surface area contributed by atoms with E-state index in [-0.39, 0.29) is 29.2 Å². The molecule has 2 aliphatic rings. The average Bonchev–Trinajstić information content (AvgIpc) is 3.28. The molecular weight excluding hydrogens is 374 g/mol. The minimum Gasteiger partial charge on any atom is -0.352 e. The first-order valence-corrected chi connectivity index (χ1v) is 11.3. The predicted octanol–water partition coefficient (Wildman–Crippen LogP) is 1.07. The number of carbonyl (C=O) groups is 1. The number of amides is 1.